The van der Waals surface area contributed by atoms with E-state index >= 15 is 0 Å². The predicted octanol–water partition coefficient (Wildman–Crippen LogP) is 4.00. The molecule has 2 unspecified atom stereocenters. The third kappa shape index (κ3) is 6.67. The number of likely N-dealkylation sites (tertiary alicyclic amines) is 1. The molecule has 29 heavy (non-hydrogen) atoms. The van der Waals surface area contributed by atoms with Crippen molar-refractivity contribution in [3.05, 3.63) is 57.8 Å². The molecule has 0 saturated carbocycles. The van der Waals surface area contributed by atoms with E-state index in [9.17, 15) is 5.11 Å². The Morgan fingerprint density at radius 2 is 2.00 bits per heavy atom. The molecule has 160 valence electrons. The number of thiophene rings is 1. The number of guanidine groups is 1. The van der Waals surface area contributed by atoms with Crippen molar-refractivity contribution < 1.29 is 5.11 Å². The van der Waals surface area contributed by atoms with Gasteiger partial charge in [0.1, 0.15) is 0 Å². The van der Waals surface area contributed by atoms with E-state index in [4.69, 9.17) is 4.99 Å². The first kappa shape index (κ1) is 24.1. The summed E-state index contributed by atoms with van der Waals surface area (Å²) in [5, 5.41) is 18.6. The summed E-state index contributed by atoms with van der Waals surface area (Å²) >= 11 is 1.85. The van der Waals surface area contributed by atoms with Gasteiger partial charge in [-0.05, 0) is 61.8 Å². The monoisotopic (exact) mass is 528 g/mol. The molecule has 3 N–H and O–H groups in total. The number of nitrogens with one attached hydrogen (secondary N) is 2. The maximum Gasteiger partial charge on any atom is 0.191 e. The lowest BCUT2D eigenvalue weighted by molar-refractivity contribution is 0.125. The smallest absolute Gasteiger partial charge is 0.191 e. The number of rotatable bonds is 7. The van der Waals surface area contributed by atoms with Gasteiger partial charge < -0.3 is 15.7 Å². The maximum absolute atomic E-state index is 9.52. The van der Waals surface area contributed by atoms with Crippen molar-refractivity contribution in [1.29, 1.82) is 0 Å². The summed E-state index contributed by atoms with van der Waals surface area (Å²) in [6, 6.07) is 12.8. The number of nitrogens with zero attached hydrogens (tertiary/aromatic N) is 2. The molecule has 0 radical (unpaired) electrons. The lowest BCUT2D eigenvalue weighted by Gasteiger charge is -2.39. The zero-order valence-corrected chi connectivity index (χ0v) is 20.5. The van der Waals surface area contributed by atoms with Crippen LogP contribution in [-0.4, -0.2) is 42.6 Å². The van der Waals surface area contributed by atoms with E-state index in [1.165, 1.54) is 17.7 Å². The molecule has 1 aliphatic rings. The van der Waals surface area contributed by atoms with Crippen LogP contribution in [-0.2, 0) is 13.2 Å². The first-order valence-electron chi connectivity index (χ1n) is 10.2. The fourth-order valence-corrected chi connectivity index (χ4v) is 4.97. The Bertz CT molecular complexity index is 753. The number of benzene rings is 1. The zero-order chi connectivity index (χ0) is 19.8. The standard InChI is InChI=1S/C22H32N4OS.HI/c1-3-23-22(24-14-17-8-4-5-9-19(17)16-27)25-15-18-10-6-12-26(2)21(18)20-11-7-13-28-20;/h4-5,7-9,11,13,18,21,27H,3,6,10,12,14-16H2,1-2H3,(H2,23,24,25);1H. The average Bonchev–Trinajstić information content (AvgIpc) is 3.24. The van der Waals surface area contributed by atoms with Crippen LogP contribution in [0.1, 0.15) is 41.8 Å². The predicted molar refractivity (Wildman–Crippen MR) is 133 cm³/mol. The van der Waals surface area contributed by atoms with Crippen molar-refractivity contribution in [2.24, 2.45) is 10.9 Å². The minimum Gasteiger partial charge on any atom is -0.392 e. The quantitative estimate of drug-likeness (QED) is 0.289. The summed E-state index contributed by atoms with van der Waals surface area (Å²) in [5.74, 6) is 1.40. The van der Waals surface area contributed by atoms with Gasteiger partial charge in [0.25, 0.3) is 0 Å². The molecule has 1 aromatic carbocycles. The number of hydrogen-bond acceptors (Lipinski definition) is 4. The highest BCUT2D eigenvalue weighted by atomic mass is 127. The molecule has 3 rings (SSSR count). The summed E-state index contributed by atoms with van der Waals surface area (Å²) in [6.45, 7) is 5.58. The van der Waals surface area contributed by atoms with Crippen LogP contribution in [0.15, 0.2) is 46.8 Å². The van der Waals surface area contributed by atoms with E-state index in [0.717, 1.165) is 36.7 Å². The van der Waals surface area contributed by atoms with Gasteiger partial charge in [-0.1, -0.05) is 30.3 Å². The lowest BCUT2D eigenvalue weighted by atomic mass is 9.88. The Kier molecular flexibility index (Phi) is 10.4. The minimum absolute atomic E-state index is 0. The second-order valence-corrected chi connectivity index (χ2v) is 8.33. The van der Waals surface area contributed by atoms with E-state index in [-0.39, 0.29) is 30.6 Å². The van der Waals surface area contributed by atoms with Crippen LogP contribution in [0.2, 0.25) is 0 Å². The van der Waals surface area contributed by atoms with Crippen LogP contribution in [0.4, 0.5) is 0 Å². The van der Waals surface area contributed by atoms with Crippen molar-refractivity contribution in [1.82, 2.24) is 15.5 Å². The Labute approximate surface area is 195 Å². The second-order valence-electron chi connectivity index (χ2n) is 7.35. The SMILES string of the molecule is CCNC(=NCc1ccccc1CO)NCC1CCCN(C)C1c1cccs1.I. The normalized spacial score (nSPS) is 20.2. The van der Waals surface area contributed by atoms with E-state index in [1.807, 2.05) is 35.6 Å². The van der Waals surface area contributed by atoms with E-state index < -0.39 is 0 Å². The van der Waals surface area contributed by atoms with E-state index in [0.29, 0.717) is 18.5 Å². The van der Waals surface area contributed by atoms with Gasteiger partial charge >= 0.3 is 0 Å². The zero-order valence-electron chi connectivity index (χ0n) is 17.3. The van der Waals surface area contributed by atoms with Crippen LogP contribution in [0.3, 0.4) is 0 Å². The molecule has 0 amide bonds. The molecule has 1 saturated heterocycles. The number of aliphatic hydroxyl groups excluding tert-OH is 1. The number of hydrogen-bond donors (Lipinski definition) is 3. The van der Waals surface area contributed by atoms with Gasteiger partial charge in [-0.25, -0.2) is 4.99 Å². The molecule has 0 aliphatic carbocycles. The summed E-state index contributed by atoms with van der Waals surface area (Å²) < 4.78 is 0. The average molecular weight is 529 g/mol. The number of aliphatic hydroxyl groups is 1. The Morgan fingerprint density at radius 3 is 2.69 bits per heavy atom. The lowest BCUT2D eigenvalue weighted by Crippen LogP contribution is -2.44. The van der Waals surface area contributed by atoms with Gasteiger partial charge in [0.2, 0.25) is 0 Å². The number of piperidine rings is 1. The largest absolute Gasteiger partial charge is 0.392 e. The van der Waals surface area contributed by atoms with Crippen molar-refractivity contribution in [3.63, 3.8) is 0 Å². The molecule has 1 aliphatic heterocycles. The molecular weight excluding hydrogens is 495 g/mol. The van der Waals surface area contributed by atoms with Crippen molar-refractivity contribution >= 4 is 41.3 Å². The summed E-state index contributed by atoms with van der Waals surface area (Å²) in [4.78, 5) is 8.70. The molecule has 5 nitrogen and oxygen atoms in total. The molecule has 7 heteroatoms. The third-order valence-corrected chi connectivity index (χ3v) is 6.36. The van der Waals surface area contributed by atoms with Crippen molar-refractivity contribution in [2.75, 3.05) is 26.7 Å². The maximum atomic E-state index is 9.52. The van der Waals surface area contributed by atoms with Crippen molar-refractivity contribution in [2.45, 2.75) is 39.0 Å². The highest BCUT2D eigenvalue weighted by molar-refractivity contribution is 14.0. The minimum atomic E-state index is 0. The summed E-state index contributed by atoms with van der Waals surface area (Å²) in [7, 11) is 2.24. The molecule has 0 spiro atoms. The molecule has 2 atom stereocenters. The highest BCUT2D eigenvalue weighted by Gasteiger charge is 2.31. The second kappa shape index (κ2) is 12.5. The van der Waals surface area contributed by atoms with Gasteiger partial charge in [0.15, 0.2) is 5.96 Å². The fourth-order valence-electron chi connectivity index (χ4n) is 3.98. The Hall–Kier alpha value is -1.16. The molecule has 2 heterocycles. The van der Waals surface area contributed by atoms with Gasteiger partial charge in [0.05, 0.1) is 13.2 Å². The topological polar surface area (TPSA) is 59.9 Å². The molecular formula is C22H33IN4OS. The van der Waals surface area contributed by atoms with Gasteiger partial charge in [0, 0.05) is 24.0 Å². The van der Waals surface area contributed by atoms with Gasteiger partial charge in [-0.15, -0.1) is 35.3 Å². The van der Waals surface area contributed by atoms with Gasteiger partial charge in [-0.3, -0.25) is 4.90 Å². The van der Waals surface area contributed by atoms with Crippen LogP contribution < -0.4 is 10.6 Å². The van der Waals surface area contributed by atoms with E-state index in [1.54, 1.807) is 0 Å². The highest BCUT2D eigenvalue weighted by Crippen LogP contribution is 2.36. The first-order chi connectivity index (χ1) is 13.7. The molecule has 1 aromatic heterocycles. The first-order valence-corrected chi connectivity index (χ1v) is 11.0. The van der Waals surface area contributed by atoms with Crippen LogP contribution in [0.5, 0.6) is 0 Å². The van der Waals surface area contributed by atoms with Crippen molar-refractivity contribution in [3.8, 4) is 0 Å². The number of halogens is 1. The van der Waals surface area contributed by atoms with Crippen LogP contribution in [0, 0.1) is 5.92 Å². The third-order valence-electron chi connectivity index (χ3n) is 5.41. The summed E-state index contributed by atoms with van der Waals surface area (Å²) in [5.41, 5.74) is 2.00. The summed E-state index contributed by atoms with van der Waals surface area (Å²) in [6.07, 6.45) is 2.47. The van der Waals surface area contributed by atoms with E-state index in [2.05, 4.69) is 47.0 Å². The fraction of sp³-hybridized carbons (Fsp3) is 0.500. The van der Waals surface area contributed by atoms with Crippen LogP contribution >= 0.6 is 35.3 Å². The Balaban J connectivity index is 0.00000300. The number of aliphatic imine (C=N–C) groups is 1. The molecule has 0 bridgehead atoms. The Morgan fingerprint density at radius 1 is 1.21 bits per heavy atom. The molecule has 2 aromatic rings. The van der Waals surface area contributed by atoms with Crippen LogP contribution in [0.25, 0.3) is 0 Å². The van der Waals surface area contributed by atoms with Gasteiger partial charge in [-0.2, -0.15) is 0 Å². The molecule has 1 fully saturated rings.